The molecule has 36 heavy (non-hydrogen) atoms. The van der Waals surface area contributed by atoms with E-state index in [1.807, 2.05) is 18.2 Å². The lowest BCUT2D eigenvalue weighted by atomic mass is 9.96. The highest BCUT2D eigenvalue weighted by molar-refractivity contribution is 6.33. The van der Waals surface area contributed by atoms with Gasteiger partial charge in [-0.15, -0.1) is 0 Å². The van der Waals surface area contributed by atoms with Gasteiger partial charge in [0.05, 0.1) is 10.7 Å². The monoisotopic (exact) mass is 507 g/mol. The number of rotatable bonds is 7. The van der Waals surface area contributed by atoms with Gasteiger partial charge in [-0.2, -0.15) is 4.98 Å². The standard InChI is InChI=1S/C26H30ClN7O2/c1-3-23(35)33-16-18(17-33)8-9-34-24(36)7-4-19-15-28-26(30-25(19)34)29-20-5-6-22(21(27)14-20)32-12-10-31(2)11-13-32/h3-7,14-15,18H,1,8-13,16-17H2,2H3,(H,28,29,30). The number of carbonyl (C=O) groups excluding carboxylic acids is 1. The van der Waals surface area contributed by atoms with E-state index in [1.165, 1.54) is 6.08 Å². The third-order valence-electron chi connectivity index (χ3n) is 6.98. The van der Waals surface area contributed by atoms with Crippen LogP contribution in [0.15, 0.2) is 54.0 Å². The first kappa shape index (κ1) is 24.3. The number of aromatic nitrogens is 3. The summed E-state index contributed by atoms with van der Waals surface area (Å²) in [5.41, 5.74) is 2.28. The summed E-state index contributed by atoms with van der Waals surface area (Å²) in [4.78, 5) is 39.8. The second kappa shape index (κ2) is 10.3. The number of pyridine rings is 1. The van der Waals surface area contributed by atoms with Crippen LogP contribution in [-0.4, -0.2) is 76.6 Å². The summed E-state index contributed by atoms with van der Waals surface area (Å²) in [5, 5.41) is 4.70. The molecule has 0 aliphatic carbocycles. The molecule has 0 bridgehead atoms. The third kappa shape index (κ3) is 5.08. The van der Waals surface area contributed by atoms with Crippen LogP contribution < -0.4 is 15.8 Å². The molecule has 9 nitrogen and oxygen atoms in total. The van der Waals surface area contributed by atoms with E-state index in [-0.39, 0.29) is 11.5 Å². The Morgan fingerprint density at radius 2 is 1.97 bits per heavy atom. The number of benzene rings is 1. The second-order valence-corrected chi connectivity index (χ2v) is 9.89. The van der Waals surface area contributed by atoms with E-state index in [9.17, 15) is 9.59 Å². The van der Waals surface area contributed by atoms with Gasteiger partial charge in [0.1, 0.15) is 5.65 Å². The molecule has 0 spiro atoms. The van der Waals surface area contributed by atoms with E-state index in [4.69, 9.17) is 11.6 Å². The minimum Gasteiger partial charge on any atom is -0.368 e. The number of nitrogens with one attached hydrogen (secondary N) is 1. The highest BCUT2D eigenvalue weighted by Crippen LogP contribution is 2.30. The minimum atomic E-state index is -0.106. The van der Waals surface area contributed by atoms with Crippen molar-refractivity contribution >= 4 is 45.9 Å². The van der Waals surface area contributed by atoms with Gasteiger partial charge in [0.15, 0.2) is 0 Å². The molecule has 0 saturated carbocycles. The topological polar surface area (TPSA) is 86.6 Å². The molecular weight excluding hydrogens is 478 g/mol. The molecule has 0 atom stereocenters. The van der Waals surface area contributed by atoms with Crippen LogP contribution in [0.25, 0.3) is 11.0 Å². The van der Waals surface area contributed by atoms with Crippen molar-refractivity contribution in [3.8, 4) is 0 Å². The molecule has 1 amide bonds. The molecule has 2 aliphatic rings. The molecule has 2 aliphatic heterocycles. The maximum Gasteiger partial charge on any atom is 0.252 e. The lowest BCUT2D eigenvalue weighted by Crippen LogP contribution is -2.49. The Balaban J connectivity index is 1.30. The van der Waals surface area contributed by atoms with Crippen LogP contribution >= 0.6 is 11.6 Å². The molecule has 2 fully saturated rings. The summed E-state index contributed by atoms with van der Waals surface area (Å²) >= 11 is 6.62. The Morgan fingerprint density at radius 3 is 2.69 bits per heavy atom. The molecule has 0 unspecified atom stereocenters. The lowest BCUT2D eigenvalue weighted by molar-refractivity contribution is -0.132. The molecule has 1 aromatic carbocycles. The van der Waals surface area contributed by atoms with Gasteiger partial charge >= 0.3 is 0 Å². The van der Waals surface area contributed by atoms with Gasteiger partial charge in [-0.1, -0.05) is 18.2 Å². The molecule has 4 heterocycles. The van der Waals surface area contributed by atoms with Crippen LogP contribution in [0, 0.1) is 5.92 Å². The van der Waals surface area contributed by atoms with E-state index < -0.39 is 0 Å². The number of likely N-dealkylation sites (N-methyl/N-ethyl adjacent to an activating group) is 1. The van der Waals surface area contributed by atoms with Crippen molar-refractivity contribution in [1.82, 2.24) is 24.3 Å². The zero-order valence-corrected chi connectivity index (χ0v) is 21.1. The molecule has 1 N–H and O–H groups in total. The fourth-order valence-electron chi connectivity index (χ4n) is 4.74. The first-order chi connectivity index (χ1) is 17.4. The lowest BCUT2D eigenvalue weighted by Gasteiger charge is -2.38. The quantitative estimate of drug-likeness (QED) is 0.492. The van der Waals surface area contributed by atoms with Crippen LogP contribution in [0.3, 0.4) is 0 Å². The van der Waals surface area contributed by atoms with Gasteiger partial charge in [0, 0.05) is 69.2 Å². The Morgan fingerprint density at radius 1 is 1.19 bits per heavy atom. The molecule has 10 heteroatoms. The maximum absolute atomic E-state index is 12.7. The Kier molecular flexibility index (Phi) is 6.93. The number of likely N-dealkylation sites (tertiary alicyclic amines) is 1. The number of carbonyl (C=O) groups is 1. The molecule has 3 aromatic rings. The van der Waals surface area contributed by atoms with Crippen molar-refractivity contribution < 1.29 is 4.79 Å². The summed E-state index contributed by atoms with van der Waals surface area (Å²) in [7, 11) is 2.13. The predicted octanol–water partition coefficient (Wildman–Crippen LogP) is 2.97. The fraction of sp³-hybridized carbons (Fsp3) is 0.385. The van der Waals surface area contributed by atoms with Crippen molar-refractivity contribution in [2.45, 2.75) is 13.0 Å². The third-order valence-corrected chi connectivity index (χ3v) is 7.28. The van der Waals surface area contributed by atoms with E-state index in [0.717, 1.165) is 49.4 Å². The van der Waals surface area contributed by atoms with Gasteiger partial charge in [0.25, 0.3) is 5.56 Å². The number of piperazine rings is 1. The van der Waals surface area contributed by atoms with Crippen LogP contribution in [0.2, 0.25) is 5.02 Å². The smallest absolute Gasteiger partial charge is 0.252 e. The molecule has 2 saturated heterocycles. The summed E-state index contributed by atoms with van der Waals surface area (Å²) in [6.45, 7) is 9.34. The summed E-state index contributed by atoms with van der Waals surface area (Å²) in [5.74, 6) is 0.710. The summed E-state index contributed by atoms with van der Waals surface area (Å²) in [6, 6.07) is 9.16. The first-order valence-electron chi connectivity index (χ1n) is 12.2. The number of aryl methyl sites for hydroxylation is 1. The predicted molar refractivity (Wildman–Crippen MR) is 143 cm³/mol. The molecule has 188 valence electrons. The molecule has 5 rings (SSSR count). The Hall–Kier alpha value is -3.43. The number of amides is 1. The highest BCUT2D eigenvalue weighted by Gasteiger charge is 2.29. The number of fused-ring (bicyclic) bond motifs is 1. The SMILES string of the molecule is C=CC(=O)N1CC(CCn2c(=O)ccc3cnc(Nc4ccc(N5CCN(C)CC5)c(Cl)c4)nc32)C1. The maximum atomic E-state index is 12.7. The van der Waals surface area contributed by atoms with Gasteiger partial charge in [-0.3, -0.25) is 14.2 Å². The molecular formula is C26H30ClN7O2. The second-order valence-electron chi connectivity index (χ2n) is 9.48. The first-order valence-corrected chi connectivity index (χ1v) is 12.6. The van der Waals surface area contributed by atoms with Crippen LogP contribution in [0.5, 0.6) is 0 Å². The van der Waals surface area contributed by atoms with Gasteiger partial charge in [-0.05, 0) is 49.7 Å². The van der Waals surface area contributed by atoms with Crippen LogP contribution in [-0.2, 0) is 11.3 Å². The molecule has 2 aromatic heterocycles. The van der Waals surface area contributed by atoms with E-state index in [0.29, 0.717) is 42.2 Å². The summed E-state index contributed by atoms with van der Waals surface area (Å²) < 4.78 is 1.68. The van der Waals surface area contributed by atoms with Gasteiger partial charge in [0.2, 0.25) is 11.9 Å². The van der Waals surface area contributed by atoms with Gasteiger partial charge < -0.3 is 20.0 Å². The zero-order valence-electron chi connectivity index (χ0n) is 20.4. The number of anilines is 3. The average Bonchev–Trinajstić information content (AvgIpc) is 2.85. The summed E-state index contributed by atoms with van der Waals surface area (Å²) in [6.07, 6.45) is 3.84. The van der Waals surface area contributed by atoms with Crippen molar-refractivity contribution in [2.75, 3.05) is 56.5 Å². The average molecular weight is 508 g/mol. The van der Waals surface area contributed by atoms with Crippen molar-refractivity contribution in [1.29, 1.82) is 0 Å². The highest BCUT2D eigenvalue weighted by atomic mass is 35.5. The van der Waals surface area contributed by atoms with Crippen molar-refractivity contribution in [2.24, 2.45) is 5.92 Å². The normalized spacial score (nSPS) is 16.7. The number of hydrogen-bond acceptors (Lipinski definition) is 7. The Bertz CT molecular complexity index is 1340. The number of nitrogens with zero attached hydrogens (tertiary/aromatic N) is 6. The van der Waals surface area contributed by atoms with Crippen LogP contribution in [0.1, 0.15) is 6.42 Å². The fourth-order valence-corrected chi connectivity index (χ4v) is 5.04. The number of hydrogen-bond donors (Lipinski definition) is 1. The van der Waals surface area contributed by atoms with Crippen molar-refractivity contribution in [3.63, 3.8) is 0 Å². The van der Waals surface area contributed by atoms with E-state index in [1.54, 1.807) is 27.8 Å². The minimum absolute atomic E-state index is 0.0475. The Labute approximate surface area is 215 Å². The van der Waals surface area contributed by atoms with Gasteiger partial charge in [-0.25, -0.2) is 4.98 Å². The largest absolute Gasteiger partial charge is 0.368 e. The number of halogens is 1. The van der Waals surface area contributed by atoms with Crippen LogP contribution in [0.4, 0.5) is 17.3 Å². The zero-order chi connectivity index (χ0) is 25.2. The molecule has 0 radical (unpaired) electrons. The van der Waals surface area contributed by atoms with Crippen molar-refractivity contribution in [3.05, 3.63) is 64.6 Å². The van der Waals surface area contributed by atoms with E-state index >= 15 is 0 Å². The van der Waals surface area contributed by atoms with E-state index in [2.05, 4.69) is 38.7 Å².